The predicted octanol–water partition coefficient (Wildman–Crippen LogP) is 2.86. The minimum Gasteiger partial charge on any atom is -0.352 e. The number of nitrogen functional groups attached to an aromatic ring is 1. The molecule has 1 aromatic rings. The molecule has 0 saturated carbocycles. The fourth-order valence-electron chi connectivity index (χ4n) is 1.72. The van der Waals surface area contributed by atoms with Crippen molar-refractivity contribution in [2.75, 3.05) is 24.0 Å². The Kier molecular flexibility index (Phi) is 6.83. The lowest BCUT2D eigenvalue weighted by Gasteiger charge is -2.14. The van der Waals surface area contributed by atoms with Gasteiger partial charge in [-0.25, -0.2) is 0 Å². The van der Waals surface area contributed by atoms with Gasteiger partial charge in [0.2, 0.25) is 0 Å². The maximum Gasteiger partial charge on any atom is 0.418 e. The number of amides is 1. The Morgan fingerprint density at radius 2 is 2.05 bits per heavy atom. The molecule has 0 aromatic heterocycles. The van der Waals surface area contributed by atoms with Gasteiger partial charge in [-0.05, 0) is 43.0 Å². The highest BCUT2D eigenvalue weighted by Crippen LogP contribution is 2.35. The standard InChI is InChI=1S/C13H18F3N3OS/c1-21-7-3-2-6-18-12(20)9-4-5-11(19-17)10(8-9)13(14,15)16/h4-5,8,19H,2-3,6-7,17H2,1H3,(H,18,20). The Morgan fingerprint density at radius 1 is 1.33 bits per heavy atom. The zero-order chi connectivity index (χ0) is 15.9. The van der Waals surface area contributed by atoms with Crippen LogP contribution in [0, 0.1) is 0 Å². The van der Waals surface area contributed by atoms with Crippen LogP contribution in [-0.2, 0) is 6.18 Å². The van der Waals surface area contributed by atoms with Gasteiger partial charge in [-0.3, -0.25) is 10.6 Å². The fraction of sp³-hybridized carbons (Fsp3) is 0.462. The average Bonchev–Trinajstić information content (AvgIpc) is 2.45. The number of anilines is 1. The zero-order valence-electron chi connectivity index (χ0n) is 11.6. The highest BCUT2D eigenvalue weighted by atomic mass is 32.2. The van der Waals surface area contributed by atoms with Gasteiger partial charge >= 0.3 is 6.18 Å². The molecule has 1 rings (SSSR count). The smallest absolute Gasteiger partial charge is 0.352 e. The number of thioether (sulfide) groups is 1. The molecule has 0 aliphatic heterocycles. The molecule has 0 aliphatic carbocycles. The molecule has 0 heterocycles. The van der Waals surface area contributed by atoms with Gasteiger partial charge < -0.3 is 10.7 Å². The van der Waals surface area contributed by atoms with Crippen molar-refractivity contribution in [2.24, 2.45) is 5.84 Å². The lowest BCUT2D eigenvalue weighted by atomic mass is 10.1. The number of nitrogens with two attached hydrogens (primary N) is 1. The average molecular weight is 321 g/mol. The van der Waals surface area contributed by atoms with E-state index in [1.54, 1.807) is 11.8 Å². The Bertz CT molecular complexity index is 480. The zero-order valence-corrected chi connectivity index (χ0v) is 12.4. The van der Waals surface area contributed by atoms with E-state index in [0.29, 0.717) is 6.54 Å². The molecule has 0 atom stereocenters. The van der Waals surface area contributed by atoms with Crippen molar-refractivity contribution < 1.29 is 18.0 Å². The summed E-state index contributed by atoms with van der Waals surface area (Å²) in [6.07, 6.45) is -0.840. The van der Waals surface area contributed by atoms with E-state index in [-0.39, 0.29) is 11.3 Å². The first-order valence-corrected chi connectivity index (χ1v) is 7.74. The van der Waals surface area contributed by atoms with Crippen LogP contribution in [0.15, 0.2) is 18.2 Å². The molecule has 1 aromatic carbocycles. The van der Waals surface area contributed by atoms with E-state index in [2.05, 4.69) is 5.32 Å². The van der Waals surface area contributed by atoms with Crippen LogP contribution in [0.2, 0.25) is 0 Å². The number of hydrazine groups is 1. The minimum atomic E-state index is -4.57. The summed E-state index contributed by atoms with van der Waals surface area (Å²) in [6.45, 7) is 0.442. The van der Waals surface area contributed by atoms with Gasteiger partial charge in [-0.2, -0.15) is 24.9 Å². The van der Waals surface area contributed by atoms with Gasteiger partial charge in [0.15, 0.2) is 0 Å². The van der Waals surface area contributed by atoms with Gasteiger partial charge in [-0.1, -0.05) is 0 Å². The SMILES string of the molecule is CSCCCCNC(=O)c1ccc(NN)c(C(F)(F)F)c1. The number of carbonyl (C=O) groups is 1. The maximum atomic E-state index is 12.8. The number of unbranched alkanes of at least 4 members (excludes halogenated alkanes) is 1. The van der Waals surface area contributed by atoms with Gasteiger partial charge in [-0.15, -0.1) is 0 Å². The largest absolute Gasteiger partial charge is 0.418 e. The fourth-order valence-corrected chi connectivity index (χ4v) is 2.21. The summed E-state index contributed by atoms with van der Waals surface area (Å²) in [5.74, 6) is 5.52. The minimum absolute atomic E-state index is 0.0359. The van der Waals surface area contributed by atoms with Crippen LogP contribution in [0.25, 0.3) is 0 Å². The van der Waals surface area contributed by atoms with Crippen LogP contribution in [0.1, 0.15) is 28.8 Å². The summed E-state index contributed by atoms with van der Waals surface area (Å²) in [5.41, 5.74) is 0.722. The first-order chi connectivity index (χ1) is 9.90. The van der Waals surface area contributed by atoms with Gasteiger partial charge in [0.25, 0.3) is 5.91 Å². The van der Waals surface area contributed by atoms with Crippen molar-refractivity contribution in [3.8, 4) is 0 Å². The first-order valence-electron chi connectivity index (χ1n) is 6.35. The summed E-state index contributed by atoms with van der Waals surface area (Å²) < 4.78 is 38.5. The molecule has 0 spiro atoms. The number of rotatable bonds is 7. The molecule has 21 heavy (non-hydrogen) atoms. The topological polar surface area (TPSA) is 67.2 Å². The van der Waals surface area contributed by atoms with Crippen LogP contribution in [-0.4, -0.2) is 24.5 Å². The second kappa shape index (κ2) is 8.14. The van der Waals surface area contributed by atoms with E-state index in [1.807, 2.05) is 11.7 Å². The lowest BCUT2D eigenvalue weighted by molar-refractivity contribution is -0.137. The number of halogens is 3. The lowest BCUT2D eigenvalue weighted by Crippen LogP contribution is -2.25. The normalized spacial score (nSPS) is 11.3. The number of hydrogen-bond acceptors (Lipinski definition) is 4. The van der Waals surface area contributed by atoms with Crippen LogP contribution < -0.4 is 16.6 Å². The second-order valence-electron chi connectivity index (χ2n) is 4.36. The third-order valence-electron chi connectivity index (χ3n) is 2.80. The van der Waals surface area contributed by atoms with Crippen molar-refractivity contribution >= 4 is 23.4 Å². The van der Waals surface area contributed by atoms with E-state index in [4.69, 9.17) is 5.84 Å². The van der Waals surface area contributed by atoms with E-state index < -0.39 is 17.6 Å². The number of alkyl halides is 3. The van der Waals surface area contributed by atoms with Crippen LogP contribution in [0.5, 0.6) is 0 Å². The van der Waals surface area contributed by atoms with Crippen LogP contribution in [0.3, 0.4) is 0 Å². The highest BCUT2D eigenvalue weighted by molar-refractivity contribution is 7.98. The molecule has 0 aliphatic rings. The van der Waals surface area contributed by atoms with Crippen molar-refractivity contribution in [2.45, 2.75) is 19.0 Å². The monoisotopic (exact) mass is 321 g/mol. The number of carbonyl (C=O) groups excluding carboxylic acids is 1. The predicted molar refractivity (Wildman–Crippen MR) is 79.2 cm³/mol. The molecule has 0 unspecified atom stereocenters. The number of nitrogens with one attached hydrogen (secondary N) is 2. The third kappa shape index (κ3) is 5.47. The number of hydrogen-bond donors (Lipinski definition) is 3. The van der Waals surface area contributed by atoms with E-state index in [9.17, 15) is 18.0 Å². The van der Waals surface area contributed by atoms with E-state index >= 15 is 0 Å². The Labute approximate surface area is 125 Å². The number of benzene rings is 1. The van der Waals surface area contributed by atoms with Gasteiger partial charge in [0.1, 0.15) is 0 Å². The molecule has 118 valence electrons. The summed E-state index contributed by atoms with van der Waals surface area (Å²) >= 11 is 1.71. The van der Waals surface area contributed by atoms with Crippen molar-refractivity contribution in [1.29, 1.82) is 0 Å². The van der Waals surface area contributed by atoms with Gasteiger partial charge in [0.05, 0.1) is 11.3 Å². The van der Waals surface area contributed by atoms with Crippen molar-refractivity contribution in [3.05, 3.63) is 29.3 Å². The molecule has 8 heteroatoms. The molecule has 0 saturated heterocycles. The second-order valence-corrected chi connectivity index (χ2v) is 5.34. The summed E-state index contributed by atoms with van der Waals surface area (Å²) in [4.78, 5) is 11.8. The Balaban J connectivity index is 2.73. The summed E-state index contributed by atoms with van der Waals surface area (Å²) in [5, 5.41) is 2.61. The van der Waals surface area contributed by atoms with Gasteiger partial charge in [0, 0.05) is 12.1 Å². The first kappa shape index (κ1) is 17.6. The molecule has 0 bridgehead atoms. The van der Waals surface area contributed by atoms with E-state index in [1.165, 1.54) is 6.07 Å². The third-order valence-corrected chi connectivity index (χ3v) is 3.50. The maximum absolute atomic E-state index is 12.8. The Morgan fingerprint density at radius 3 is 2.62 bits per heavy atom. The summed E-state index contributed by atoms with van der Waals surface area (Å²) in [6, 6.07) is 3.25. The van der Waals surface area contributed by atoms with Crippen LogP contribution >= 0.6 is 11.8 Å². The molecular weight excluding hydrogens is 303 g/mol. The summed E-state index contributed by atoms with van der Waals surface area (Å²) in [7, 11) is 0. The van der Waals surface area contributed by atoms with Crippen LogP contribution in [0.4, 0.5) is 18.9 Å². The Hall–Kier alpha value is -1.41. The van der Waals surface area contributed by atoms with Crippen molar-refractivity contribution in [3.63, 3.8) is 0 Å². The highest BCUT2D eigenvalue weighted by Gasteiger charge is 2.34. The molecule has 4 N–H and O–H groups in total. The van der Waals surface area contributed by atoms with E-state index in [0.717, 1.165) is 30.7 Å². The quantitative estimate of drug-likeness (QED) is 0.410. The molecule has 1 amide bonds. The molecule has 0 radical (unpaired) electrons. The molecule has 4 nitrogen and oxygen atoms in total. The molecule has 0 fully saturated rings. The molecular formula is C13H18F3N3OS. The van der Waals surface area contributed by atoms with Crippen molar-refractivity contribution in [1.82, 2.24) is 5.32 Å².